The Morgan fingerprint density at radius 3 is 2.75 bits per heavy atom. The quantitative estimate of drug-likeness (QED) is 0.850. The molecular formula is C13H22N6O. The number of ether oxygens (including phenoxy) is 1. The molecule has 3 heterocycles. The highest BCUT2D eigenvalue weighted by atomic mass is 16.5. The first-order valence-electron chi connectivity index (χ1n) is 7.29. The van der Waals surface area contributed by atoms with E-state index in [0.717, 1.165) is 32.5 Å². The fourth-order valence-corrected chi connectivity index (χ4v) is 2.76. The van der Waals surface area contributed by atoms with E-state index < -0.39 is 0 Å². The van der Waals surface area contributed by atoms with Crippen molar-refractivity contribution in [3.8, 4) is 0 Å². The standard InChI is InChI=1S/C13H22N6O/c1-13(5-4-8-20-13)9-15-11-16-10(14)17-12(18-11)19-6-2-3-7-19/h2-9H2,1H3,(H3,14,15,16,17,18). The molecule has 20 heavy (non-hydrogen) atoms. The number of nitrogens with one attached hydrogen (secondary N) is 1. The molecule has 0 radical (unpaired) electrons. The van der Waals surface area contributed by atoms with E-state index in [1.165, 1.54) is 12.8 Å². The van der Waals surface area contributed by atoms with Gasteiger partial charge in [-0.3, -0.25) is 0 Å². The van der Waals surface area contributed by atoms with Gasteiger partial charge in [0.05, 0.1) is 5.60 Å². The zero-order valence-corrected chi connectivity index (χ0v) is 11.9. The summed E-state index contributed by atoms with van der Waals surface area (Å²) in [4.78, 5) is 15.0. The molecule has 1 atom stereocenters. The molecule has 1 aromatic rings. The molecule has 0 aliphatic carbocycles. The topological polar surface area (TPSA) is 89.2 Å². The lowest BCUT2D eigenvalue weighted by Gasteiger charge is -2.23. The summed E-state index contributed by atoms with van der Waals surface area (Å²) in [6.07, 6.45) is 4.52. The molecule has 1 unspecified atom stereocenters. The summed E-state index contributed by atoms with van der Waals surface area (Å²) in [7, 11) is 0. The number of aromatic nitrogens is 3. The molecule has 7 heteroatoms. The Balaban J connectivity index is 1.69. The first-order valence-corrected chi connectivity index (χ1v) is 7.29. The Bertz CT molecular complexity index is 468. The molecule has 0 aromatic carbocycles. The van der Waals surface area contributed by atoms with E-state index in [1.807, 2.05) is 0 Å². The summed E-state index contributed by atoms with van der Waals surface area (Å²) in [6, 6.07) is 0. The van der Waals surface area contributed by atoms with E-state index >= 15 is 0 Å². The zero-order chi connectivity index (χ0) is 14.0. The van der Waals surface area contributed by atoms with Crippen LogP contribution < -0.4 is 16.0 Å². The maximum absolute atomic E-state index is 5.78. The monoisotopic (exact) mass is 278 g/mol. The first kappa shape index (κ1) is 13.4. The van der Waals surface area contributed by atoms with Gasteiger partial charge in [0.2, 0.25) is 17.8 Å². The van der Waals surface area contributed by atoms with Gasteiger partial charge in [-0.2, -0.15) is 15.0 Å². The van der Waals surface area contributed by atoms with Gasteiger partial charge in [-0.25, -0.2) is 0 Å². The SMILES string of the molecule is CC1(CNc2nc(N)nc(N3CCCC3)n2)CCCO1. The number of nitrogens with zero attached hydrogens (tertiary/aromatic N) is 4. The smallest absolute Gasteiger partial charge is 0.231 e. The van der Waals surface area contributed by atoms with Crippen LogP contribution in [0.25, 0.3) is 0 Å². The lowest BCUT2D eigenvalue weighted by atomic mass is 10.0. The number of anilines is 3. The second-order valence-electron chi connectivity index (χ2n) is 5.77. The summed E-state index contributed by atoms with van der Waals surface area (Å²) >= 11 is 0. The first-order chi connectivity index (χ1) is 9.65. The van der Waals surface area contributed by atoms with E-state index in [-0.39, 0.29) is 11.5 Å². The van der Waals surface area contributed by atoms with Crippen molar-refractivity contribution in [2.24, 2.45) is 0 Å². The molecule has 1 aromatic heterocycles. The molecule has 7 nitrogen and oxygen atoms in total. The average Bonchev–Trinajstić information content (AvgIpc) is 3.08. The summed E-state index contributed by atoms with van der Waals surface area (Å²) in [5.41, 5.74) is 5.65. The lowest BCUT2D eigenvalue weighted by molar-refractivity contribution is 0.0314. The van der Waals surface area contributed by atoms with Crippen molar-refractivity contribution < 1.29 is 4.74 Å². The van der Waals surface area contributed by atoms with Gasteiger partial charge in [-0.1, -0.05) is 0 Å². The van der Waals surface area contributed by atoms with Gasteiger partial charge < -0.3 is 20.7 Å². The normalized spacial score (nSPS) is 26.1. The molecule has 0 bridgehead atoms. The van der Waals surface area contributed by atoms with Crippen LogP contribution in [0.3, 0.4) is 0 Å². The highest BCUT2D eigenvalue weighted by Crippen LogP contribution is 2.25. The minimum Gasteiger partial charge on any atom is -0.373 e. The van der Waals surface area contributed by atoms with Crippen LogP contribution >= 0.6 is 0 Å². The van der Waals surface area contributed by atoms with Crippen molar-refractivity contribution in [3.05, 3.63) is 0 Å². The Morgan fingerprint density at radius 2 is 2.05 bits per heavy atom. The van der Waals surface area contributed by atoms with Crippen LogP contribution in [0, 0.1) is 0 Å². The van der Waals surface area contributed by atoms with Crippen molar-refractivity contribution in [1.29, 1.82) is 0 Å². The Labute approximate surface area is 118 Å². The second-order valence-corrected chi connectivity index (χ2v) is 5.77. The molecular weight excluding hydrogens is 256 g/mol. The second kappa shape index (κ2) is 5.40. The van der Waals surface area contributed by atoms with Crippen LogP contribution in [0.4, 0.5) is 17.8 Å². The van der Waals surface area contributed by atoms with Gasteiger partial charge in [0.25, 0.3) is 0 Å². The lowest BCUT2D eigenvalue weighted by Crippen LogP contribution is -2.33. The van der Waals surface area contributed by atoms with Crippen LogP contribution in [0.2, 0.25) is 0 Å². The summed E-state index contributed by atoms with van der Waals surface area (Å²) < 4.78 is 5.75. The molecule has 110 valence electrons. The van der Waals surface area contributed by atoms with Crippen LogP contribution in [0.5, 0.6) is 0 Å². The van der Waals surface area contributed by atoms with Gasteiger partial charge in [0.1, 0.15) is 0 Å². The van der Waals surface area contributed by atoms with E-state index in [1.54, 1.807) is 0 Å². The summed E-state index contributed by atoms with van der Waals surface area (Å²) in [5, 5.41) is 3.24. The number of rotatable bonds is 4. The Morgan fingerprint density at radius 1 is 1.25 bits per heavy atom. The molecule has 2 aliphatic rings. The molecule has 2 fully saturated rings. The third-order valence-electron chi connectivity index (χ3n) is 3.95. The summed E-state index contributed by atoms with van der Waals surface area (Å²) in [6.45, 7) is 5.61. The summed E-state index contributed by atoms with van der Waals surface area (Å²) in [5.74, 6) is 1.48. The zero-order valence-electron chi connectivity index (χ0n) is 11.9. The number of nitrogen functional groups attached to an aromatic ring is 1. The largest absolute Gasteiger partial charge is 0.373 e. The third kappa shape index (κ3) is 2.92. The van der Waals surface area contributed by atoms with Crippen molar-refractivity contribution in [1.82, 2.24) is 15.0 Å². The fourth-order valence-electron chi connectivity index (χ4n) is 2.76. The molecule has 0 saturated carbocycles. The highest BCUT2D eigenvalue weighted by molar-refractivity contribution is 5.42. The van der Waals surface area contributed by atoms with Crippen molar-refractivity contribution in [2.45, 2.75) is 38.2 Å². The van der Waals surface area contributed by atoms with Crippen LogP contribution in [0.1, 0.15) is 32.6 Å². The van der Waals surface area contributed by atoms with Crippen LogP contribution in [-0.4, -0.2) is 46.8 Å². The van der Waals surface area contributed by atoms with Gasteiger partial charge in [0.15, 0.2) is 0 Å². The predicted octanol–water partition coefficient (Wildman–Crippen LogP) is 1.03. The molecule has 3 rings (SSSR count). The predicted molar refractivity (Wildman–Crippen MR) is 77.8 cm³/mol. The van der Waals surface area contributed by atoms with Gasteiger partial charge in [-0.05, 0) is 32.6 Å². The molecule has 3 N–H and O–H groups in total. The van der Waals surface area contributed by atoms with Crippen molar-refractivity contribution >= 4 is 17.8 Å². The Kier molecular flexibility index (Phi) is 3.60. The van der Waals surface area contributed by atoms with E-state index in [2.05, 4.69) is 32.1 Å². The van der Waals surface area contributed by atoms with Gasteiger partial charge in [-0.15, -0.1) is 0 Å². The molecule has 0 spiro atoms. The van der Waals surface area contributed by atoms with Gasteiger partial charge in [0, 0.05) is 26.2 Å². The van der Waals surface area contributed by atoms with E-state index in [0.29, 0.717) is 18.4 Å². The van der Waals surface area contributed by atoms with Crippen LogP contribution in [0.15, 0.2) is 0 Å². The minimum absolute atomic E-state index is 0.130. The number of hydrogen-bond acceptors (Lipinski definition) is 7. The minimum atomic E-state index is -0.130. The van der Waals surface area contributed by atoms with Crippen molar-refractivity contribution in [2.75, 3.05) is 42.2 Å². The number of nitrogens with two attached hydrogens (primary N) is 1. The molecule has 0 amide bonds. The number of hydrogen-bond donors (Lipinski definition) is 2. The van der Waals surface area contributed by atoms with Crippen molar-refractivity contribution in [3.63, 3.8) is 0 Å². The Hall–Kier alpha value is -1.63. The molecule has 2 aliphatic heterocycles. The fraction of sp³-hybridized carbons (Fsp3) is 0.769. The van der Waals surface area contributed by atoms with Crippen LogP contribution in [-0.2, 0) is 4.74 Å². The molecule has 2 saturated heterocycles. The van der Waals surface area contributed by atoms with Gasteiger partial charge >= 0.3 is 0 Å². The highest BCUT2D eigenvalue weighted by Gasteiger charge is 2.29. The van der Waals surface area contributed by atoms with E-state index in [9.17, 15) is 0 Å². The maximum Gasteiger partial charge on any atom is 0.231 e. The maximum atomic E-state index is 5.78. The third-order valence-corrected chi connectivity index (χ3v) is 3.95. The average molecular weight is 278 g/mol. The van der Waals surface area contributed by atoms with E-state index in [4.69, 9.17) is 10.5 Å².